The number of rotatable bonds is 6. The Labute approximate surface area is 118 Å². The zero-order valence-electron chi connectivity index (χ0n) is 11.5. The fourth-order valence-corrected chi connectivity index (χ4v) is 1.80. The third-order valence-electron chi connectivity index (χ3n) is 2.80. The second kappa shape index (κ2) is 7.37. The maximum atomic E-state index is 11.8. The van der Waals surface area contributed by atoms with E-state index in [0.29, 0.717) is 25.5 Å². The van der Waals surface area contributed by atoms with Gasteiger partial charge in [-0.15, -0.1) is 0 Å². The first-order chi connectivity index (χ1) is 9.77. The van der Waals surface area contributed by atoms with E-state index in [9.17, 15) is 4.79 Å². The Morgan fingerprint density at radius 2 is 2.20 bits per heavy atom. The number of aromatic nitrogens is 1. The van der Waals surface area contributed by atoms with Crippen LogP contribution in [0.25, 0.3) is 0 Å². The highest BCUT2D eigenvalue weighted by Gasteiger charge is 2.18. The molecule has 2 N–H and O–H groups in total. The van der Waals surface area contributed by atoms with Gasteiger partial charge >= 0.3 is 0 Å². The second-order valence-electron chi connectivity index (χ2n) is 4.36. The van der Waals surface area contributed by atoms with Gasteiger partial charge in [-0.25, -0.2) is 0 Å². The molecule has 20 heavy (non-hydrogen) atoms. The van der Waals surface area contributed by atoms with Gasteiger partial charge < -0.3 is 20.1 Å². The minimum absolute atomic E-state index is 0.219. The molecule has 108 valence electrons. The minimum atomic E-state index is -0.219. The van der Waals surface area contributed by atoms with E-state index in [1.165, 1.54) is 0 Å². The maximum absolute atomic E-state index is 11.8. The second-order valence-corrected chi connectivity index (χ2v) is 4.36. The summed E-state index contributed by atoms with van der Waals surface area (Å²) in [7, 11) is 0. The Morgan fingerprint density at radius 3 is 2.95 bits per heavy atom. The fraction of sp³-hybridized carbons (Fsp3) is 0.429. The summed E-state index contributed by atoms with van der Waals surface area (Å²) in [6.45, 7) is 3.99. The molecule has 1 aliphatic heterocycles. The van der Waals surface area contributed by atoms with Crippen molar-refractivity contribution in [1.29, 1.82) is 0 Å². The van der Waals surface area contributed by atoms with Crippen molar-refractivity contribution in [2.75, 3.05) is 31.6 Å². The van der Waals surface area contributed by atoms with Gasteiger partial charge in [0.15, 0.2) is 0 Å². The molecule has 0 saturated carbocycles. The van der Waals surface area contributed by atoms with Gasteiger partial charge in [0.25, 0.3) is 5.91 Å². The zero-order chi connectivity index (χ0) is 14.2. The Hall–Kier alpha value is -2.24. The van der Waals surface area contributed by atoms with Gasteiger partial charge in [-0.05, 0) is 25.5 Å². The molecule has 1 aliphatic rings. The lowest BCUT2D eigenvalue weighted by molar-refractivity contribution is -0.122. The number of hydrogen-bond acceptors (Lipinski definition) is 5. The molecule has 1 aromatic rings. The predicted octanol–water partition coefficient (Wildman–Crippen LogP) is 1.28. The molecular formula is C14H19N3O3. The van der Waals surface area contributed by atoms with Crippen molar-refractivity contribution in [3.63, 3.8) is 0 Å². The van der Waals surface area contributed by atoms with Crippen LogP contribution in [0.2, 0.25) is 0 Å². The smallest absolute Gasteiger partial charge is 0.289 e. The van der Waals surface area contributed by atoms with Crippen LogP contribution in [0.4, 0.5) is 5.69 Å². The van der Waals surface area contributed by atoms with Crippen LogP contribution in [0.1, 0.15) is 13.3 Å². The molecule has 1 aromatic heterocycles. The minimum Gasteiger partial charge on any atom is -0.491 e. The molecule has 1 amide bonds. The Balaban J connectivity index is 1.65. The number of allylic oxidation sites excluding steroid dienone is 1. The monoisotopic (exact) mass is 277 g/mol. The van der Waals surface area contributed by atoms with Gasteiger partial charge in [0, 0.05) is 25.5 Å². The number of pyridine rings is 1. The van der Waals surface area contributed by atoms with Crippen molar-refractivity contribution in [3.8, 4) is 0 Å². The van der Waals surface area contributed by atoms with E-state index < -0.39 is 0 Å². The lowest BCUT2D eigenvalue weighted by Gasteiger charge is -2.19. The van der Waals surface area contributed by atoms with Crippen LogP contribution in [0.5, 0.6) is 0 Å². The molecule has 2 rings (SSSR count). The third kappa shape index (κ3) is 4.15. The molecule has 0 saturated heterocycles. The fourth-order valence-electron chi connectivity index (χ4n) is 1.80. The summed E-state index contributed by atoms with van der Waals surface area (Å²) in [6, 6.07) is 3.83. The van der Waals surface area contributed by atoms with Crippen LogP contribution in [0.15, 0.2) is 36.0 Å². The Kier molecular flexibility index (Phi) is 5.23. The van der Waals surface area contributed by atoms with Gasteiger partial charge in [-0.3, -0.25) is 9.78 Å². The molecule has 0 radical (unpaired) electrons. The van der Waals surface area contributed by atoms with Crippen LogP contribution < -0.4 is 10.6 Å². The van der Waals surface area contributed by atoms with Crippen molar-refractivity contribution in [1.82, 2.24) is 10.3 Å². The van der Waals surface area contributed by atoms with E-state index in [-0.39, 0.29) is 11.7 Å². The summed E-state index contributed by atoms with van der Waals surface area (Å²) in [5.41, 5.74) is 0.974. The number of carbonyl (C=O) groups is 1. The van der Waals surface area contributed by atoms with Crippen molar-refractivity contribution >= 4 is 11.6 Å². The van der Waals surface area contributed by atoms with Crippen LogP contribution in [-0.2, 0) is 14.3 Å². The number of hydrogen-bond donors (Lipinski definition) is 2. The summed E-state index contributed by atoms with van der Waals surface area (Å²) >= 11 is 0. The van der Waals surface area contributed by atoms with E-state index in [4.69, 9.17) is 9.47 Å². The summed E-state index contributed by atoms with van der Waals surface area (Å²) in [6.07, 6.45) is 4.31. The quantitative estimate of drug-likeness (QED) is 0.766. The first-order valence-corrected chi connectivity index (χ1v) is 6.66. The van der Waals surface area contributed by atoms with Crippen LogP contribution in [0, 0.1) is 0 Å². The first-order valence-electron chi connectivity index (χ1n) is 6.66. The van der Waals surface area contributed by atoms with Crippen LogP contribution in [0.3, 0.4) is 0 Å². The third-order valence-corrected chi connectivity index (χ3v) is 2.80. The molecule has 0 spiro atoms. The molecule has 6 heteroatoms. The standard InChI is InChI=1S/C14H19N3O3/c1-11-13(20-9-8-19-11)14(18)17-7-3-6-16-12-4-2-5-15-10-12/h2,4-5,10,16H,3,6-9H2,1H3,(H,17,18). The SMILES string of the molecule is CC1=C(C(=O)NCCCNc2cccnc2)OCCO1. The largest absolute Gasteiger partial charge is 0.491 e. The number of carbonyl (C=O) groups excluding carboxylic acids is 1. The molecule has 0 fully saturated rings. The van der Waals surface area contributed by atoms with E-state index >= 15 is 0 Å². The van der Waals surface area contributed by atoms with Gasteiger partial charge in [0.1, 0.15) is 19.0 Å². The average molecular weight is 277 g/mol. The number of ether oxygens (including phenoxy) is 2. The molecule has 0 atom stereocenters. The lowest BCUT2D eigenvalue weighted by atomic mass is 10.3. The Morgan fingerprint density at radius 1 is 1.35 bits per heavy atom. The summed E-state index contributed by atoms with van der Waals surface area (Å²) in [5, 5.41) is 6.04. The molecule has 0 bridgehead atoms. The van der Waals surface area contributed by atoms with E-state index in [2.05, 4.69) is 15.6 Å². The maximum Gasteiger partial charge on any atom is 0.289 e. The summed E-state index contributed by atoms with van der Waals surface area (Å²) in [4.78, 5) is 15.8. The van der Waals surface area contributed by atoms with Crippen LogP contribution >= 0.6 is 0 Å². The van der Waals surface area contributed by atoms with Crippen molar-refractivity contribution in [3.05, 3.63) is 36.0 Å². The average Bonchev–Trinajstić information content (AvgIpc) is 2.48. The highest BCUT2D eigenvalue weighted by molar-refractivity contribution is 5.91. The summed E-state index contributed by atoms with van der Waals surface area (Å²) < 4.78 is 10.6. The van der Waals surface area contributed by atoms with E-state index in [0.717, 1.165) is 18.7 Å². The van der Waals surface area contributed by atoms with Gasteiger partial charge in [-0.2, -0.15) is 0 Å². The lowest BCUT2D eigenvalue weighted by Crippen LogP contribution is -2.31. The first kappa shape index (κ1) is 14.2. The topological polar surface area (TPSA) is 72.5 Å². The molecule has 0 aliphatic carbocycles. The number of nitrogens with one attached hydrogen (secondary N) is 2. The van der Waals surface area contributed by atoms with Gasteiger partial charge in [0.2, 0.25) is 5.76 Å². The number of nitrogens with zero attached hydrogens (tertiary/aromatic N) is 1. The van der Waals surface area contributed by atoms with E-state index in [1.54, 1.807) is 19.3 Å². The highest BCUT2D eigenvalue weighted by Crippen LogP contribution is 2.12. The van der Waals surface area contributed by atoms with Crippen molar-refractivity contribution in [2.45, 2.75) is 13.3 Å². The predicted molar refractivity (Wildman–Crippen MR) is 75.0 cm³/mol. The van der Waals surface area contributed by atoms with Crippen molar-refractivity contribution < 1.29 is 14.3 Å². The molecular weight excluding hydrogens is 258 g/mol. The van der Waals surface area contributed by atoms with Crippen molar-refractivity contribution in [2.24, 2.45) is 0 Å². The molecule has 6 nitrogen and oxygen atoms in total. The Bertz CT molecular complexity index is 474. The van der Waals surface area contributed by atoms with Gasteiger partial charge in [0.05, 0.1) is 5.69 Å². The zero-order valence-corrected chi connectivity index (χ0v) is 11.5. The number of amides is 1. The molecule has 0 unspecified atom stereocenters. The normalized spacial score (nSPS) is 14.2. The molecule has 0 aromatic carbocycles. The van der Waals surface area contributed by atoms with E-state index in [1.807, 2.05) is 12.1 Å². The summed E-state index contributed by atoms with van der Waals surface area (Å²) in [5.74, 6) is 0.613. The van der Waals surface area contributed by atoms with Crippen LogP contribution in [-0.4, -0.2) is 37.2 Å². The highest BCUT2D eigenvalue weighted by atomic mass is 16.6. The molecule has 2 heterocycles. The van der Waals surface area contributed by atoms with Gasteiger partial charge in [-0.1, -0.05) is 0 Å². The number of anilines is 1.